The molecule has 0 heterocycles. The summed E-state index contributed by atoms with van der Waals surface area (Å²) in [5, 5.41) is 0.0313. The van der Waals surface area contributed by atoms with Gasteiger partial charge in [-0.05, 0) is 29.8 Å². The second-order valence-electron chi connectivity index (χ2n) is 6.14. The molecule has 0 radical (unpaired) electrons. The van der Waals surface area contributed by atoms with Gasteiger partial charge in [-0.1, -0.05) is 35.3 Å². The van der Waals surface area contributed by atoms with E-state index >= 15 is 0 Å². The first-order chi connectivity index (χ1) is 13.7. The Hall–Kier alpha value is -2.00. The lowest BCUT2D eigenvalue weighted by molar-refractivity contribution is -0.130. The van der Waals surface area contributed by atoms with Gasteiger partial charge in [0.1, 0.15) is 4.90 Å². The number of hydrogen-bond acceptors (Lipinski definition) is 5. The molecule has 1 amide bonds. The number of rotatable bonds is 9. The van der Waals surface area contributed by atoms with Crippen molar-refractivity contribution in [3.05, 3.63) is 52.0 Å². The van der Waals surface area contributed by atoms with Crippen molar-refractivity contribution in [1.82, 2.24) is 9.62 Å². The molecule has 0 aliphatic rings. The molecule has 0 aromatic heterocycles. The van der Waals surface area contributed by atoms with E-state index in [-0.39, 0.29) is 33.8 Å². The van der Waals surface area contributed by atoms with Gasteiger partial charge in [0.15, 0.2) is 11.5 Å². The number of halogens is 2. The average molecular weight is 461 g/mol. The SMILES string of the molecule is COc1ccc(CN(C)C(=O)CCNS(=O)(=O)c2c(Cl)cccc2Cl)cc1OC. The van der Waals surface area contributed by atoms with E-state index in [4.69, 9.17) is 32.7 Å². The van der Waals surface area contributed by atoms with Gasteiger partial charge in [0.25, 0.3) is 0 Å². The minimum Gasteiger partial charge on any atom is -0.493 e. The quantitative estimate of drug-likeness (QED) is 0.619. The van der Waals surface area contributed by atoms with Gasteiger partial charge in [0.2, 0.25) is 15.9 Å². The molecular formula is C19H22Cl2N2O5S. The Morgan fingerprint density at radius 1 is 1.07 bits per heavy atom. The Labute approximate surface area is 180 Å². The van der Waals surface area contributed by atoms with E-state index < -0.39 is 10.0 Å². The minimum atomic E-state index is -3.93. The van der Waals surface area contributed by atoms with Crippen molar-refractivity contribution in [1.29, 1.82) is 0 Å². The van der Waals surface area contributed by atoms with Crippen molar-refractivity contribution in [3.8, 4) is 11.5 Å². The van der Waals surface area contributed by atoms with Gasteiger partial charge in [-0.2, -0.15) is 0 Å². The number of nitrogens with one attached hydrogen (secondary N) is 1. The molecule has 0 aliphatic heterocycles. The smallest absolute Gasteiger partial charge is 0.243 e. The van der Waals surface area contributed by atoms with E-state index in [1.165, 1.54) is 24.1 Å². The summed E-state index contributed by atoms with van der Waals surface area (Å²) in [7, 11) is 0.785. The number of ether oxygens (including phenoxy) is 2. The number of carbonyl (C=O) groups excluding carboxylic acids is 1. The molecule has 2 aromatic rings. The first-order valence-corrected chi connectivity index (χ1v) is 10.8. The molecule has 0 saturated heterocycles. The summed E-state index contributed by atoms with van der Waals surface area (Å²) in [6.07, 6.45) is -0.0227. The number of methoxy groups -OCH3 is 2. The third-order valence-corrected chi connectivity index (χ3v) is 6.53. The summed E-state index contributed by atoms with van der Waals surface area (Å²) in [5.41, 5.74) is 0.849. The van der Waals surface area contributed by atoms with Gasteiger partial charge in [-0.3, -0.25) is 4.79 Å². The highest BCUT2D eigenvalue weighted by Gasteiger charge is 2.21. The van der Waals surface area contributed by atoms with E-state index in [9.17, 15) is 13.2 Å². The van der Waals surface area contributed by atoms with Crippen LogP contribution in [0.25, 0.3) is 0 Å². The fourth-order valence-corrected chi connectivity index (χ4v) is 4.81. The van der Waals surface area contributed by atoms with Crippen LogP contribution in [0.3, 0.4) is 0 Å². The molecule has 0 atom stereocenters. The number of hydrogen-bond donors (Lipinski definition) is 1. The lowest BCUT2D eigenvalue weighted by Crippen LogP contribution is -2.32. The van der Waals surface area contributed by atoms with E-state index in [0.717, 1.165) is 5.56 Å². The fraction of sp³-hybridized carbons (Fsp3) is 0.316. The maximum atomic E-state index is 12.4. The van der Waals surface area contributed by atoms with Crippen LogP contribution in [0, 0.1) is 0 Å². The van der Waals surface area contributed by atoms with Crippen LogP contribution in [0.15, 0.2) is 41.3 Å². The Morgan fingerprint density at radius 2 is 1.69 bits per heavy atom. The van der Waals surface area contributed by atoms with Crippen molar-refractivity contribution in [2.75, 3.05) is 27.8 Å². The van der Waals surface area contributed by atoms with Crippen LogP contribution in [-0.4, -0.2) is 47.0 Å². The molecule has 29 heavy (non-hydrogen) atoms. The van der Waals surface area contributed by atoms with Gasteiger partial charge < -0.3 is 14.4 Å². The highest BCUT2D eigenvalue weighted by Crippen LogP contribution is 2.29. The summed E-state index contributed by atoms with van der Waals surface area (Å²) in [6.45, 7) is 0.251. The Bertz CT molecular complexity index is 962. The molecule has 0 unspecified atom stereocenters. The molecule has 1 N–H and O–H groups in total. The third kappa shape index (κ3) is 5.99. The highest BCUT2D eigenvalue weighted by atomic mass is 35.5. The third-order valence-electron chi connectivity index (χ3n) is 4.11. The van der Waals surface area contributed by atoms with E-state index in [1.807, 2.05) is 6.07 Å². The molecule has 0 saturated carbocycles. The van der Waals surface area contributed by atoms with Gasteiger partial charge in [0.05, 0.1) is 24.3 Å². The summed E-state index contributed by atoms with van der Waals surface area (Å²) < 4.78 is 37.6. The fourth-order valence-electron chi connectivity index (χ4n) is 2.64. The predicted molar refractivity (Wildman–Crippen MR) is 112 cm³/mol. The molecule has 2 aromatic carbocycles. The monoisotopic (exact) mass is 460 g/mol. The molecule has 2 rings (SSSR count). The minimum absolute atomic E-state index is 0.0156. The van der Waals surface area contributed by atoms with Gasteiger partial charge in [-0.15, -0.1) is 0 Å². The molecule has 0 bridgehead atoms. The predicted octanol–water partition coefficient (Wildman–Crippen LogP) is 3.34. The zero-order valence-electron chi connectivity index (χ0n) is 16.2. The van der Waals surface area contributed by atoms with Crippen LogP contribution in [-0.2, 0) is 21.4 Å². The first-order valence-electron chi connectivity index (χ1n) is 8.58. The Balaban J connectivity index is 1.95. The van der Waals surface area contributed by atoms with Crippen LogP contribution in [0.5, 0.6) is 11.5 Å². The van der Waals surface area contributed by atoms with Crippen LogP contribution in [0.2, 0.25) is 10.0 Å². The van der Waals surface area contributed by atoms with Crippen LogP contribution in [0.1, 0.15) is 12.0 Å². The van der Waals surface area contributed by atoms with Crippen LogP contribution in [0.4, 0.5) is 0 Å². The number of nitrogens with zero attached hydrogens (tertiary/aromatic N) is 1. The lowest BCUT2D eigenvalue weighted by Gasteiger charge is -2.18. The number of benzene rings is 2. The van der Waals surface area contributed by atoms with Crippen molar-refractivity contribution in [3.63, 3.8) is 0 Å². The normalized spacial score (nSPS) is 11.2. The van der Waals surface area contributed by atoms with Crippen LogP contribution >= 0.6 is 23.2 Å². The van der Waals surface area contributed by atoms with Gasteiger partial charge >= 0.3 is 0 Å². The zero-order chi connectivity index (χ0) is 21.6. The van der Waals surface area contributed by atoms with Crippen molar-refractivity contribution in [2.24, 2.45) is 0 Å². The van der Waals surface area contributed by atoms with Gasteiger partial charge in [-0.25, -0.2) is 13.1 Å². The topological polar surface area (TPSA) is 84.9 Å². The molecule has 0 fully saturated rings. The molecular weight excluding hydrogens is 439 g/mol. The molecule has 10 heteroatoms. The van der Waals surface area contributed by atoms with E-state index in [0.29, 0.717) is 18.0 Å². The number of carbonyl (C=O) groups is 1. The first kappa shape index (κ1) is 23.3. The summed E-state index contributed by atoms with van der Waals surface area (Å²) in [6, 6.07) is 9.79. The van der Waals surface area contributed by atoms with E-state index in [2.05, 4.69) is 4.72 Å². The van der Waals surface area contributed by atoms with Crippen LogP contribution < -0.4 is 14.2 Å². The molecule has 0 spiro atoms. The second-order valence-corrected chi connectivity index (χ2v) is 8.66. The van der Waals surface area contributed by atoms with Crippen molar-refractivity contribution >= 4 is 39.1 Å². The van der Waals surface area contributed by atoms with Crippen molar-refractivity contribution in [2.45, 2.75) is 17.9 Å². The number of amides is 1. The van der Waals surface area contributed by atoms with Crippen molar-refractivity contribution < 1.29 is 22.7 Å². The standard InChI is InChI=1S/C19H22Cl2N2O5S/c1-23(12-13-7-8-16(27-2)17(11-13)28-3)18(24)9-10-22-29(25,26)19-14(20)5-4-6-15(19)21/h4-8,11,22H,9-10,12H2,1-3H3. The van der Waals surface area contributed by atoms with E-state index in [1.54, 1.807) is 32.4 Å². The second kappa shape index (κ2) is 10.2. The van der Waals surface area contributed by atoms with Gasteiger partial charge in [0, 0.05) is 26.6 Å². The lowest BCUT2D eigenvalue weighted by atomic mass is 10.2. The Morgan fingerprint density at radius 3 is 2.28 bits per heavy atom. The highest BCUT2D eigenvalue weighted by molar-refractivity contribution is 7.89. The average Bonchev–Trinajstić information content (AvgIpc) is 2.67. The summed E-state index contributed by atoms with van der Waals surface area (Å²) >= 11 is 11.9. The summed E-state index contributed by atoms with van der Waals surface area (Å²) in [5.74, 6) is 0.931. The largest absolute Gasteiger partial charge is 0.493 e. The summed E-state index contributed by atoms with van der Waals surface area (Å²) in [4.78, 5) is 13.7. The molecule has 0 aliphatic carbocycles. The Kier molecular flexibility index (Phi) is 8.15. The zero-order valence-corrected chi connectivity index (χ0v) is 18.6. The maximum Gasteiger partial charge on any atom is 0.243 e. The number of sulfonamides is 1. The molecule has 7 nitrogen and oxygen atoms in total. The molecule has 158 valence electrons. The maximum absolute atomic E-state index is 12.4.